The topological polar surface area (TPSA) is 50.8 Å². The van der Waals surface area contributed by atoms with Crippen molar-refractivity contribution in [3.8, 4) is 5.75 Å². The number of halogens is 1. The highest BCUT2D eigenvalue weighted by Crippen LogP contribution is 2.30. The van der Waals surface area contributed by atoms with Crippen molar-refractivity contribution in [1.82, 2.24) is 10.2 Å². The molecule has 2 aliphatic heterocycles. The van der Waals surface area contributed by atoms with Crippen LogP contribution >= 0.6 is 0 Å². The van der Waals surface area contributed by atoms with E-state index >= 15 is 0 Å². The molecule has 0 spiro atoms. The number of methoxy groups -OCH3 is 1. The smallest absolute Gasteiger partial charge is 0.255 e. The fraction of sp³-hybridized carbons (Fsp3) is 0.381. The quantitative estimate of drug-likeness (QED) is 0.899. The third-order valence-corrected chi connectivity index (χ3v) is 5.33. The van der Waals surface area contributed by atoms with E-state index in [1.165, 1.54) is 30.9 Å². The zero-order valence-electron chi connectivity index (χ0n) is 15.2. The van der Waals surface area contributed by atoms with Gasteiger partial charge in [-0.1, -0.05) is 30.3 Å². The molecule has 1 amide bonds. The summed E-state index contributed by atoms with van der Waals surface area (Å²) < 4.78 is 24.8. The van der Waals surface area contributed by atoms with Gasteiger partial charge in [0.1, 0.15) is 11.6 Å². The van der Waals surface area contributed by atoms with E-state index in [9.17, 15) is 9.18 Å². The Morgan fingerprint density at radius 1 is 1.22 bits per heavy atom. The van der Waals surface area contributed by atoms with Crippen LogP contribution in [0.5, 0.6) is 5.75 Å². The summed E-state index contributed by atoms with van der Waals surface area (Å²) in [4.78, 5) is 15.0. The number of rotatable bonds is 4. The second kappa shape index (κ2) is 7.66. The number of nitrogens with one attached hydrogen (secondary N) is 1. The monoisotopic (exact) mass is 370 g/mol. The van der Waals surface area contributed by atoms with Gasteiger partial charge >= 0.3 is 0 Å². The lowest BCUT2D eigenvalue weighted by molar-refractivity contribution is -0.0502. The van der Waals surface area contributed by atoms with Crippen molar-refractivity contribution in [3.63, 3.8) is 0 Å². The van der Waals surface area contributed by atoms with Crippen molar-refractivity contribution in [1.29, 1.82) is 0 Å². The highest BCUT2D eigenvalue weighted by Gasteiger charge is 2.38. The number of carbonyl (C=O) groups is 1. The summed E-state index contributed by atoms with van der Waals surface area (Å²) in [6.07, 6.45) is 0.880. The number of carbonyl (C=O) groups excluding carboxylic acids is 1. The molecule has 3 atom stereocenters. The normalized spacial score (nSPS) is 25.0. The average Bonchev–Trinajstić information content (AvgIpc) is 3.10. The molecule has 0 bridgehead atoms. The van der Waals surface area contributed by atoms with Crippen LogP contribution in [0, 0.1) is 5.82 Å². The maximum atomic E-state index is 13.5. The van der Waals surface area contributed by atoms with Crippen molar-refractivity contribution < 1.29 is 18.7 Å². The summed E-state index contributed by atoms with van der Waals surface area (Å²) in [6, 6.07) is 14.5. The molecule has 142 valence electrons. The minimum absolute atomic E-state index is 0.00796. The number of hydrogen-bond acceptors (Lipinski definition) is 4. The predicted molar refractivity (Wildman–Crippen MR) is 99.3 cm³/mol. The van der Waals surface area contributed by atoms with E-state index in [0.29, 0.717) is 18.4 Å². The zero-order chi connectivity index (χ0) is 18.8. The van der Waals surface area contributed by atoms with Gasteiger partial charge in [-0.2, -0.15) is 0 Å². The van der Waals surface area contributed by atoms with E-state index in [-0.39, 0.29) is 23.6 Å². The minimum atomic E-state index is -0.455. The van der Waals surface area contributed by atoms with E-state index < -0.39 is 5.82 Å². The Bertz CT molecular complexity index is 814. The number of fused-ring (bicyclic) bond motifs is 1. The summed E-state index contributed by atoms with van der Waals surface area (Å²) in [5.74, 6) is -0.391. The lowest BCUT2D eigenvalue weighted by atomic mass is 10.1. The molecular formula is C21H23FN2O3. The lowest BCUT2D eigenvalue weighted by Crippen LogP contribution is -2.43. The van der Waals surface area contributed by atoms with Crippen molar-refractivity contribution in [2.75, 3.05) is 26.8 Å². The molecule has 2 aliphatic rings. The molecule has 27 heavy (non-hydrogen) atoms. The minimum Gasteiger partial charge on any atom is -0.496 e. The molecule has 2 saturated heterocycles. The fourth-order valence-electron chi connectivity index (χ4n) is 3.97. The van der Waals surface area contributed by atoms with Crippen molar-refractivity contribution in [2.45, 2.75) is 24.6 Å². The zero-order valence-corrected chi connectivity index (χ0v) is 15.2. The average molecular weight is 370 g/mol. The number of ether oxygens (including phenoxy) is 2. The lowest BCUT2D eigenvalue weighted by Gasteiger charge is -2.35. The molecule has 5 nitrogen and oxygen atoms in total. The molecule has 0 unspecified atom stereocenters. The van der Waals surface area contributed by atoms with Crippen LogP contribution in [0.15, 0.2) is 48.5 Å². The van der Waals surface area contributed by atoms with Crippen molar-refractivity contribution >= 4 is 5.91 Å². The van der Waals surface area contributed by atoms with Gasteiger partial charge in [0.25, 0.3) is 5.91 Å². The Labute approximate surface area is 158 Å². The van der Waals surface area contributed by atoms with E-state index in [0.717, 1.165) is 19.5 Å². The van der Waals surface area contributed by atoms with Gasteiger partial charge in [-0.25, -0.2) is 4.39 Å². The van der Waals surface area contributed by atoms with E-state index in [1.54, 1.807) is 0 Å². The van der Waals surface area contributed by atoms with Crippen LogP contribution in [0.25, 0.3) is 0 Å². The van der Waals surface area contributed by atoms with Gasteiger partial charge in [0, 0.05) is 25.2 Å². The summed E-state index contributed by atoms with van der Waals surface area (Å²) in [7, 11) is 1.47. The Kier molecular flexibility index (Phi) is 5.09. The van der Waals surface area contributed by atoms with Gasteiger partial charge in [0.05, 0.1) is 25.4 Å². The van der Waals surface area contributed by atoms with Gasteiger partial charge in [-0.15, -0.1) is 0 Å². The van der Waals surface area contributed by atoms with Gasteiger partial charge in [-0.05, 0) is 30.2 Å². The summed E-state index contributed by atoms with van der Waals surface area (Å²) in [6.45, 7) is 2.22. The maximum Gasteiger partial charge on any atom is 0.255 e. The second-order valence-corrected chi connectivity index (χ2v) is 7.09. The number of morpholine rings is 1. The molecule has 2 fully saturated rings. The summed E-state index contributed by atoms with van der Waals surface area (Å²) in [5, 5.41) is 3.03. The first-order valence-electron chi connectivity index (χ1n) is 9.19. The third kappa shape index (κ3) is 3.82. The van der Waals surface area contributed by atoms with Crippen LogP contribution in [0.3, 0.4) is 0 Å². The molecule has 6 heteroatoms. The molecule has 2 aromatic carbocycles. The van der Waals surface area contributed by atoms with Crippen LogP contribution in [0.2, 0.25) is 0 Å². The first kappa shape index (κ1) is 17.9. The molecule has 0 aromatic heterocycles. The van der Waals surface area contributed by atoms with Gasteiger partial charge in [0.15, 0.2) is 0 Å². The number of benzene rings is 2. The number of hydrogen-bond donors (Lipinski definition) is 1. The van der Waals surface area contributed by atoms with Crippen molar-refractivity contribution in [2.24, 2.45) is 0 Å². The predicted octanol–water partition coefficient (Wildman–Crippen LogP) is 2.78. The molecule has 4 rings (SSSR count). The van der Waals surface area contributed by atoms with E-state index in [4.69, 9.17) is 9.47 Å². The Hall–Kier alpha value is -2.44. The van der Waals surface area contributed by atoms with Crippen molar-refractivity contribution in [3.05, 3.63) is 65.5 Å². The number of amides is 1. The van der Waals surface area contributed by atoms with Gasteiger partial charge in [-0.3, -0.25) is 9.69 Å². The molecule has 0 saturated carbocycles. The van der Waals surface area contributed by atoms with Crippen LogP contribution in [-0.4, -0.2) is 49.7 Å². The molecule has 0 radical (unpaired) electrons. The molecular weight excluding hydrogens is 347 g/mol. The van der Waals surface area contributed by atoms with Gasteiger partial charge in [0.2, 0.25) is 0 Å². The first-order chi connectivity index (χ1) is 13.1. The third-order valence-electron chi connectivity index (χ3n) is 5.33. The first-order valence-corrected chi connectivity index (χ1v) is 9.19. The van der Waals surface area contributed by atoms with Crippen LogP contribution in [-0.2, 0) is 4.74 Å². The van der Waals surface area contributed by atoms with Crippen LogP contribution in [0.1, 0.15) is 28.4 Å². The Balaban J connectivity index is 1.40. The Morgan fingerprint density at radius 3 is 2.81 bits per heavy atom. The largest absolute Gasteiger partial charge is 0.496 e. The van der Waals surface area contributed by atoms with Crippen LogP contribution in [0.4, 0.5) is 4.39 Å². The maximum absolute atomic E-state index is 13.5. The fourth-order valence-corrected chi connectivity index (χ4v) is 3.97. The molecule has 1 N–H and O–H groups in total. The van der Waals surface area contributed by atoms with E-state index in [2.05, 4.69) is 22.3 Å². The molecule has 0 aliphatic carbocycles. The van der Waals surface area contributed by atoms with Gasteiger partial charge < -0.3 is 14.8 Å². The highest BCUT2D eigenvalue weighted by atomic mass is 19.1. The standard InChI is InChI=1S/C21H23FN2O3/c1-26-19-8-7-15(22)9-18(19)21(25)23-16-10-17-13-27-20(12-24(17)11-16)14-5-3-2-4-6-14/h2-9,16-17,20H,10-13H2,1H3,(H,23,25)/t16-,17+,20-/m1/s1. The number of nitrogens with zero attached hydrogens (tertiary/aromatic N) is 1. The van der Waals surface area contributed by atoms with Crippen LogP contribution < -0.4 is 10.1 Å². The molecule has 2 heterocycles. The SMILES string of the molecule is COc1ccc(F)cc1C(=O)N[C@@H]1C[C@H]2CO[C@@H](c3ccccc3)CN2C1. The highest BCUT2D eigenvalue weighted by molar-refractivity contribution is 5.97. The Morgan fingerprint density at radius 2 is 2.04 bits per heavy atom. The molecule has 2 aromatic rings. The summed E-state index contributed by atoms with van der Waals surface area (Å²) in [5.41, 5.74) is 1.40. The second-order valence-electron chi connectivity index (χ2n) is 7.09. The van der Waals surface area contributed by atoms with E-state index in [1.807, 2.05) is 18.2 Å². The summed E-state index contributed by atoms with van der Waals surface area (Å²) >= 11 is 0.